The molecule has 0 saturated carbocycles. The van der Waals surface area contributed by atoms with Gasteiger partial charge in [-0.15, -0.1) is 0 Å². The molecular weight excluding hydrogens is 314 g/mol. The van der Waals surface area contributed by atoms with Crippen LogP contribution < -0.4 is 5.32 Å². The fourth-order valence-corrected chi connectivity index (χ4v) is 3.00. The van der Waals surface area contributed by atoms with Gasteiger partial charge in [0, 0.05) is 24.5 Å². The molecule has 3 rings (SSSR count). The lowest BCUT2D eigenvalue weighted by Gasteiger charge is -2.17. The molecule has 130 valence electrons. The van der Waals surface area contributed by atoms with Crippen LogP contribution in [0.5, 0.6) is 0 Å². The summed E-state index contributed by atoms with van der Waals surface area (Å²) in [5.74, 6) is -0.0898. The van der Waals surface area contributed by atoms with Crippen LogP contribution in [0.2, 0.25) is 0 Å². The number of carbonyl (C=O) groups is 1. The number of benzene rings is 1. The maximum atomic E-state index is 12.6. The first-order valence-corrected chi connectivity index (χ1v) is 8.42. The number of amides is 1. The Morgan fingerprint density at radius 1 is 1.20 bits per heavy atom. The zero-order chi connectivity index (χ0) is 18.0. The molecular formula is C19H23N5O. The number of carbonyl (C=O) groups excluding carboxylic acids is 1. The molecule has 1 amide bonds. The standard InChI is InChI=1S/C19H23N5O/c1-5-17(18-10-11-20-23(18)4)21-19(25)15-6-8-16(9-7-15)24-14(3)12-13(2)22-24/h6-12,17H,5H2,1-4H3,(H,21,25)/t17-/m1/s1. The van der Waals surface area contributed by atoms with E-state index in [-0.39, 0.29) is 11.9 Å². The Balaban J connectivity index is 1.76. The molecule has 0 aliphatic heterocycles. The summed E-state index contributed by atoms with van der Waals surface area (Å²) in [6.07, 6.45) is 2.54. The van der Waals surface area contributed by atoms with Crippen molar-refractivity contribution in [3.05, 3.63) is 65.2 Å². The molecule has 0 aliphatic rings. The number of nitrogens with one attached hydrogen (secondary N) is 1. The van der Waals surface area contributed by atoms with Crippen molar-refractivity contribution in [1.29, 1.82) is 0 Å². The van der Waals surface area contributed by atoms with Gasteiger partial charge in [-0.3, -0.25) is 9.48 Å². The van der Waals surface area contributed by atoms with Crippen molar-refractivity contribution in [2.24, 2.45) is 7.05 Å². The minimum absolute atomic E-state index is 0.0596. The largest absolute Gasteiger partial charge is 0.344 e. The van der Waals surface area contributed by atoms with Gasteiger partial charge in [0.2, 0.25) is 0 Å². The lowest BCUT2D eigenvalue weighted by molar-refractivity contribution is 0.0934. The van der Waals surface area contributed by atoms with Crippen LogP contribution in [0.1, 0.15) is 46.8 Å². The van der Waals surface area contributed by atoms with Crippen LogP contribution in [-0.2, 0) is 7.05 Å². The molecule has 1 atom stereocenters. The number of aromatic nitrogens is 4. The Bertz CT molecular complexity index is 876. The lowest BCUT2D eigenvalue weighted by atomic mass is 10.1. The van der Waals surface area contributed by atoms with Gasteiger partial charge >= 0.3 is 0 Å². The molecule has 1 aromatic carbocycles. The first-order valence-electron chi connectivity index (χ1n) is 8.42. The van der Waals surface area contributed by atoms with Gasteiger partial charge in [0.15, 0.2) is 0 Å². The molecule has 0 spiro atoms. The summed E-state index contributed by atoms with van der Waals surface area (Å²) in [6.45, 7) is 6.03. The van der Waals surface area contributed by atoms with Gasteiger partial charge in [-0.2, -0.15) is 10.2 Å². The summed E-state index contributed by atoms with van der Waals surface area (Å²) in [5, 5.41) is 11.7. The average molecular weight is 337 g/mol. The molecule has 0 radical (unpaired) electrons. The number of aryl methyl sites for hydroxylation is 3. The molecule has 6 heteroatoms. The van der Waals surface area contributed by atoms with Crippen LogP contribution in [0, 0.1) is 13.8 Å². The van der Waals surface area contributed by atoms with Gasteiger partial charge < -0.3 is 5.32 Å². The van der Waals surface area contributed by atoms with Crippen LogP contribution in [0.4, 0.5) is 0 Å². The second-order valence-corrected chi connectivity index (χ2v) is 6.20. The highest BCUT2D eigenvalue weighted by atomic mass is 16.1. The molecule has 2 aromatic heterocycles. The van der Waals surface area contributed by atoms with E-state index in [1.165, 1.54) is 0 Å². The smallest absolute Gasteiger partial charge is 0.251 e. The van der Waals surface area contributed by atoms with Crippen LogP contribution in [-0.4, -0.2) is 25.5 Å². The predicted molar refractivity (Wildman–Crippen MR) is 96.7 cm³/mol. The van der Waals surface area contributed by atoms with E-state index < -0.39 is 0 Å². The van der Waals surface area contributed by atoms with Crippen LogP contribution in [0.15, 0.2) is 42.6 Å². The average Bonchev–Trinajstić information content (AvgIpc) is 3.17. The maximum absolute atomic E-state index is 12.6. The highest BCUT2D eigenvalue weighted by Crippen LogP contribution is 2.17. The summed E-state index contributed by atoms with van der Waals surface area (Å²) in [6, 6.07) is 11.4. The number of rotatable bonds is 5. The van der Waals surface area contributed by atoms with E-state index >= 15 is 0 Å². The molecule has 0 bridgehead atoms. The summed E-state index contributed by atoms with van der Waals surface area (Å²) in [7, 11) is 1.88. The second-order valence-electron chi connectivity index (χ2n) is 6.20. The van der Waals surface area contributed by atoms with E-state index in [9.17, 15) is 4.79 Å². The number of hydrogen-bond acceptors (Lipinski definition) is 3. The van der Waals surface area contributed by atoms with Gasteiger partial charge in [-0.05, 0) is 56.7 Å². The van der Waals surface area contributed by atoms with Crippen molar-refractivity contribution in [3.8, 4) is 5.69 Å². The first-order chi connectivity index (χ1) is 12.0. The third-order valence-electron chi connectivity index (χ3n) is 4.31. The first kappa shape index (κ1) is 17.0. The zero-order valence-corrected chi connectivity index (χ0v) is 15.0. The molecule has 0 fully saturated rings. The highest BCUT2D eigenvalue weighted by Gasteiger charge is 2.17. The van der Waals surface area contributed by atoms with E-state index in [0.717, 1.165) is 29.2 Å². The Hall–Kier alpha value is -2.89. The number of hydrogen-bond donors (Lipinski definition) is 1. The Labute approximate surface area is 147 Å². The lowest BCUT2D eigenvalue weighted by Crippen LogP contribution is -2.29. The van der Waals surface area contributed by atoms with E-state index in [1.54, 1.807) is 10.9 Å². The summed E-state index contributed by atoms with van der Waals surface area (Å²) in [5.41, 5.74) is 4.61. The minimum Gasteiger partial charge on any atom is -0.344 e. The Morgan fingerprint density at radius 2 is 1.92 bits per heavy atom. The summed E-state index contributed by atoms with van der Waals surface area (Å²) >= 11 is 0. The maximum Gasteiger partial charge on any atom is 0.251 e. The fourth-order valence-electron chi connectivity index (χ4n) is 3.00. The Morgan fingerprint density at radius 3 is 2.44 bits per heavy atom. The topological polar surface area (TPSA) is 64.7 Å². The molecule has 0 unspecified atom stereocenters. The SMILES string of the molecule is CC[C@@H](NC(=O)c1ccc(-n2nc(C)cc2C)cc1)c1ccnn1C. The predicted octanol–water partition coefficient (Wildman–Crippen LogP) is 3.10. The van der Waals surface area contributed by atoms with Gasteiger partial charge in [0.1, 0.15) is 0 Å². The molecule has 25 heavy (non-hydrogen) atoms. The van der Waals surface area contributed by atoms with Crippen LogP contribution in [0.25, 0.3) is 5.69 Å². The normalized spacial score (nSPS) is 12.2. The summed E-state index contributed by atoms with van der Waals surface area (Å²) < 4.78 is 3.67. The minimum atomic E-state index is -0.0898. The zero-order valence-electron chi connectivity index (χ0n) is 15.0. The van der Waals surface area contributed by atoms with Crippen LogP contribution >= 0.6 is 0 Å². The van der Waals surface area contributed by atoms with E-state index in [0.29, 0.717) is 5.56 Å². The fraction of sp³-hybridized carbons (Fsp3) is 0.316. The molecule has 2 heterocycles. The molecule has 0 saturated heterocycles. The Kier molecular flexibility index (Phi) is 4.70. The molecule has 0 aliphatic carbocycles. The number of nitrogens with zero attached hydrogens (tertiary/aromatic N) is 4. The van der Waals surface area contributed by atoms with E-state index in [1.807, 2.05) is 68.9 Å². The quantitative estimate of drug-likeness (QED) is 0.778. The third kappa shape index (κ3) is 3.47. The molecule has 6 nitrogen and oxygen atoms in total. The van der Waals surface area contributed by atoms with E-state index in [4.69, 9.17) is 0 Å². The van der Waals surface area contributed by atoms with E-state index in [2.05, 4.69) is 15.5 Å². The van der Waals surface area contributed by atoms with Crippen molar-refractivity contribution < 1.29 is 4.79 Å². The van der Waals surface area contributed by atoms with Crippen molar-refractivity contribution in [2.75, 3.05) is 0 Å². The van der Waals surface area contributed by atoms with Crippen molar-refractivity contribution in [2.45, 2.75) is 33.2 Å². The van der Waals surface area contributed by atoms with Gasteiger partial charge in [-0.25, -0.2) is 4.68 Å². The van der Waals surface area contributed by atoms with Gasteiger partial charge in [0.25, 0.3) is 5.91 Å². The van der Waals surface area contributed by atoms with Crippen LogP contribution in [0.3, 0.4) is 0 Å². The molecule has 3 aromatic rings. The molecule has 1 N–H and O–H groups in total. The van der Waals surface area contributed by atoms with Gasteiger partial charge in [0.05, 0.1) is 23.1 Å². The van der Waals surface area contributed by atoms with Crippen molar-refractivity contribution in [3.63, 3.8) is 0 Å². The summed E-state index contributed by atoms with van der Waals surface area (Å²) in [4.78, 5) is 12.6. The van der Waals surface area contributed by atoms with Gasteiger partial charge in [-0.1, -0.05) is 6.92 Å². The second kappa shape index (κ2) is 6.93. The van der Waals surface area contributed by atoms with Crippen molar-refractivity contribution in [1.82, 2.24) is 24.9 Å². The highest BCUT2D eigenvalue weighted by molar-refractivity contribution is 5.94. The van der Waals surface area contributed by atoms with Crippen molar-refractivity contribution >= 4 is 5.91 Å². The monoisotopic (exact) mass is 337 g/mol. The third-order valence-corrected chi connectivity index (χ3v) is 4.31.